The number of aryl methyl sites for hydroxylation is 1. The van der Waals surface area contributed by atoms with Crippen molar-refractivity contribution >= 4 is 11.7 Å². The van der Waals surface area contributed by atoms with E-state index in [2.05, 4.69) is 15.4 Å². The van der Waals surface area contributed by atoms with E-state index in [4.69, 9.17) is 4.74 Å². The largest absolute Gasteiger partial charge is 0.482 e. The number of likely N-dealkylation sites (tertiary alicyclic amines) is 1. The van der Waals surface area contributed by atoms with Crippen molar-refractivity contribution in [2.45, 2.75) is 44.4 Å². The SMILES string of the molecule is Cc1cc2n(n1)[C@@H](C(F)(F)F)C[C@@H](C1CCN(C(=O)COc3cccnc3)CC1)N2. The Hall–Kier alpha value is -2.78. The third-order valence-electron chi connectivity index (χ3n) is 5.80. The molecule has 2 aromatic heterocycles. The standard InChI is InChI=1S/C20H24F3N5O2/c1-13-9-18-25-16(10-17(20(21,22)23)28(18)26-13)14-4-7-27(8-5-14)19(29)12-30-15-3-2-6-24-11-15/h2-3,6,9,11,14,16-17,25H,4-5,7-8,10,12H2,1H3/t16-,17+/m0/s1. The molecular formula is C20H24F3N5O2. The van der Waals surface area contributed by atoms with Crippen molar-refractivity contribution in [3.05, 3.63) is 36.3 Å². The summed E-state index contributed by atoms with van der Waals surface area (Å²) in [5.74, 6) is 0.865. The number of amides is 1. The van der Waals surface area contributed by atoms with Gasteiger partial charge in [-0.1, -0.05) is 0 Å². The lowest BCUT2D eigenvalue weighted by molar-refractivity contribution is -0.174. The number of carbonyl (C=O) groups excluding carboxylic acids is 1. The van der Waals surface area contributed by atoms with Crippen LogP contribution in [0.4, 0.5) is 19.0 Å². The first-order valence-corrected chi connectivity index (χ1v) is 10.0. The molecule has 0 bridgehead atoms. The van der Waals surface area contributed by atoms with Gasteiger partial charge in [-0.15, -0.1) is 0 Å². The van der Waals surface area contributed by atoms with E-state index in [1.165, 1.54) is 6.20 Å². The number of hydrogen-bond donors (Lipinski definition) is 1. The van der Waals surface area contributed by atoms with E-state index < -0.39 is 12.2 Å². The summed E-state index contributed by atoms with van der Waals surface area (Å²) in [7, 11) is 0. The first kappa shape index (κ1) is 20.5. The molecule has 162 valence electrons. The summed E-state index contributed by atoms with van der Waals surface area (Å²) in [5, 5.41) is 7.27. The van der Waals surface area contributed by atoms with Crippen LogP contribution in [0, 0.1) is 12.8 Å². The van der Waals surface area contributed by atoms with Crippen LogP contribution in [0.1, 0.15) is 31.0 Å². The Bertz CT molecular complexity index is 878. The highest BCUT2D eigenvalue weighted by atomic mass is 19.4. The summed E-state index contributed by atoms with van der Waals surface area (Å²) >= 11 is 0. The van der Waals surface area contributed by atoms with Crippen molar-refractivity contribution in [1.29, 1.82) is 0 Å². The second kappa shape index (κ2) is 8.16. The fourth-order valence-electron chi connectivity index (χ4n) is 4.25. The lowest BCUT2D eigenvalue weighted by Gasteiger charge is -2.41. The monoisotopic (exact) mass is 423 g/mol. The molecule has 0 saturated carbocycles. The number of rotatable bonds is 4. The topological polar surface area (TPSA) is 72.3 Å². The molecule has 2 aliphatic heterocycles. The van der Waals surface area contributed by atoms with Gasteiger partial charge in [-0.25, -0.2) is 4.68 Å². The maximum Gasteiger partial charge on any atom is 0.410 e. The first-order chi connectivity index (χ1) is 14.3. The van der Waals surface area contributed by atoms with Gasteiger partial charge in [-0.3, -0.25) is 9.78 Å². The molecule has 1 fully saturated rings. The molecule has 4 rings (SSSR count). The number of hydrogen-bond acceptors (Lipinski definition) is 5. The molecule has 30 heavy (non-hydrogen) atoms. The molecule has 2 atom stereocenters. The van der Waals surface area contributed by atoms with Crippen molar-refractivity contribution < 1.29 is 22.7 Å². The van der Waals surface area contributed by atoms with Crippen LogP contribution in [-0.2, 0) is 4.79 Å². The zero-order chi connectivity index (χ0) is 21.3. The molecule has 0 spiro atoms. The molecule has 0 radical (unpaired) electrons. The summed E-state index contributed by atoms with van der Waals surface area (Å²) in [5.41, 5.74) is 0.557. The molecule has 0 unspecified atom stereocenters. The minimum Gasteiger partial charge on any atom is -0.482 e. The lowest BCUT2D eigenvalue weighted by atomic mass is 9.84. The predicted octanol–water partition coefficient (Wildman–Crippen LogP) is 3.19. The number of fused-ring (bicyclic) bond motifs is 1. The zero-order valence-electron chi connectivity index (χ0n) is 16.6. The highest BCUT2D eigenvalue weighted by Crippen LogP contribution is 2.42. The Morgan fingerprint density at radius 2 is 2.10 bits per heavy atom. The van der Waals surface area contributed by atoms with Gasteiger partial charge in [-0.05, 0) is 44.2 Å². The highest BCUT2D eigenvalue weighted by Gasteiger charge is 2.47. The third-order valence-corrected chi connectivity index (χ3v) is 5.80. The molecule has 1 N–H and O–H groups in total. The third kappa shape index (κ3) is 4.36. The molecule has 4 heterocycles. The van der Waals surface area contributed by atoms with Crippen LogP contribution >= 0.6 is 0 Å². The molecule has 7 nitrogen and oxygen atoms in total. The van der Waals surface area contributed by atoms with Crippen LogP contribution in [0.15, 0.2) is 30.6 Å². The van der Waals surface area contributed by atoms with Gasteiger partial charge >= 0.3 is 6.18 Å². The lowest BCUT2D eigenvalue weighted by Crippen LogP contribution is -2.47. The number of aromatic nitrogens is 3. The van der Waals surface area contributed by atoms with Crippen molar-refractivity contribution in [3.63, 3.8) is 0 Å². The number of alkyl halides is 3. The van der Waals surface area contributed by atoms with E-state index >= 15 is 0 Å². The van der Waals surface area contributed by atoms with Gasteiger partial charge in [0.1, 0.15) is 11.6 Å². The first-order valence-electron chi connectivity index (χ1n) is 10.0. The van der Waals surface area contributed by atoms with Gasteiger partial charge in [0.2, 0.25) is 0 Å². The molecular weight excluding hydrogens is 399 g/mol. The van der Waals surface area contributed by atoms with Gasteiger partial charge < -0.3 is 15.0 Å². The van der Waals surface area contributed by atoms with Crippen LogP contribution < -0.4 is 10.1 Å². The molecule has 2 aromatic rings. The van der Waals surface area contributed by atoms with Crippen LogP contribution in [-0.4, -0.2) is 57.5 Å². The number of ether oxygens (including phenoxy) is 1. The zero-order valence-corrected chi connectivity index (χ0v) is 16.6. The molecule has 10 heteroatoms. The Labute approximate surface area is 172 Å². The smallest absolute Gasteiger partial charge is 0.410 e. The van der Waals surface area contributed by atoms with Crippen LogP contribution in [0.3, 0.4) is 0 Å². The number of halogens is 3. The Kier molecular flexibility index (Phi) is 5.57. The number of pyridine rings is 1. The summed E-state index contributed by atoms with van der Waals surface area (Å²) in [4.78, 5) is 18.1. The van der Waals surface area contributed by atoms with Gasteiger partial charge in [0.25, 0.3) is 5.91 Å². The van der Waals surface area contributed by atoms with Gasteiger partial charge in [0.05, 0.1) is 11.9 Å². The van der Waals surface area contributed by atoms with Gasteiger partial charge in [0, 0.05) is 31.4 Å². The fraction of sp³-hybridized carbons (Fsp3) is 0.550. The molecule has 1 amide bonds. The fourth-order valence-corrected chi connectivity index (χ4v) is 4.25. The van der Waals surface area contributed by atoms with E-state index in [9.17, 15) is 18.0 Å². The van der Waals surface area contributed by atoms with Crippen LogP contribution in [0.25, 0.3) is 0 Å². The number of nitrogens with zero attached hydrogens (tertiary/aromatic N) is 4. The van der Waals surface area contributed by atoms with Gasteiger partial charge in [0.15, 0.2) is 12.6 Å². The Morgan fingerprint density at radius 1 is 1.33 bits per heavy atom. The van der Waals surface area contributed by atoms with E-state index in [1.54, 1.807) is 36.2 Å². The number of anilines is 1. The molecule has 0 aromatic carbocycles. The van der Waals surface area contributed by atoms with Crippen LogP contribution in [0.5, 0.6) is 5.75 Å². The van der Waals surface area contributed by atoms with Crippen molar-refractivity contribution in [3.8, 4) is 5.75 Å². The number of carbonyl (C=O) groups is 1. The second-order valence-electron chi connectivity index (χ2n) is 7.86. The normalized spacial score (nSPS) is 22.3. The van der Waals surface area contributed by atoms with Crippen molar-refractivity contribution in [2.24, 2.45) is 5.92 Å². The minimum absolute atomic E-state index is 0.0552. The summed E-state index contributed by atoms with van der Waals surface area (Å²) in [6.07, 6.45) is 0.0460. The average molecular weight is 423 g/mol. The molecule has 1 saturated heterocycles. The summed E-state index contributed by atoms with van der Waals surface area (Å²) in [6.45, 7) is 2.62. The molecule has 0 aliphatic carbocycles. The van der Waals surface area contributed by atoms with E-state index in [0.717, 1.165) is 4.68 Å². The quantitative estimate of drug-likeness (QED) is 0.818. The highest BCUT2D eigenvalue weighted by molar-refractivity contribution is 5.77. The van der Waals surface area contributed by atoms with E-state index in [-0.39, 0.29) is 30.9 Å². The maximum atomic E-state index is 13.6. The maximum absolute atomic E-state index is 13.6. The second-order valence-corrected chi connectivity index (χ2v) is 7.86. The van der Waals surface area contributed by atoms with Crippen molar-refractivity contribution in [1.82, 2.24) is 19.7 Å². The van der Waals surface area contributed by atoms with E-state index in [1.807, 2.05) is 0 Å². The van der Waals surface area contributed by atoms with E-state index in [0.29, 0.717) is 43.2 Å². The number of piperidine rings is 1. The Morgan fingerprint density at radius 3 is 2.77 bits per heavy atom. The predicted molar refractivity (Wildman–Crippen MR) is 103 cm³/mol. The Balaban J connectivity index is 1.34. The van der Waals surface area contributed by atoms with Crippen molar-refractivity contribution in [2.75, 3.05) is 25.0 Å². The average Bonchev–Trinajstić information content (AvgIpc) is 3.11. The number of nitrogens with one attached hydrogen (secondary N) is 1. The summed E-state index contributed by atoms with van der Waals surface area (Å²) < 4.78 is 47.3. The van der Waals surface area contributed by atoms with Gasteiger partial charge in [-0.2, -0.15) is 18.3 Å². The van der Waals surface area contributed by atoms with Crippen LogP contribution in [0.2, 0.25) is 0 Å². The minimum atomic E-state index is -4.35. The summed E-state index contributed by atoms with van der Waals surface area (Å²) in [6, 6.07) is 3.18. The molecule has 2 aliphatic rings.